The van der Waals surface area contributed by atoms with Crippen LogP contribution in [-0.2, 0) is 0 Å². The molecule has 66 valence electrons. The summed E-state index contributed by atoms with van der Waals surface area (Å²) in [6, 6.07) is 0. The average Bonchev–Trinajstić information content (AvgIpc) is 2.65. The molecule has 0 nitrogen and oxygen atoms in total. The predicted molar refractivity (Wildman–Crippen MR) is 53.0 cm³/mol. The van der Waals surface area contributed by atoms with E-state index in [1.54, 1.807) is 11.1 Å². The fraction of sp³-hybridized carbons (Fsp3) is 0.667. The van der Waals surface area contributed by atoms with Crippen LogP contribution < -0.4 is 0 Å². The molecule has 2 rings (SSSR count). The van der Waals surface area contributed by atoms with Crippen molar-refractivity contribution in [2.45, 2.75) is 40.0 Å². The molecule has 0 bridgehead atoms. The van der Waals surface area contributed by atoms with Gasteiger partial charge in [0.1, 0.15) is 0 Å². The molecule has 12 heavy (non-hydrogen) atoms. The van der Waals surface area contributed by atoms with Gasteiger partial charge in [-0.3, -0.25) is 0 Å². The summed E-state index contributed by atoms with van der Waals surface area (Å²) in [5, 5.41) is 0. The van der Waals surface area contributed by atoms with Gasteiger partial charge < -0.3 is 0 Å². The van der Waals surface area contributed by atoms with Crippen molar-refractivity contribution < 1.29 is 0 Å². The topological polar surface area (TPSA) is 0 Å². The molecule has 2 aliphatic carbocycles. The van der Waals surface area contributed by atoms with Gasteiger partial charge in [0, 0.05) is 0 Å². The van der Waals surface area contributed by atoms with Crippen molar-refractivity contribution in [3.63, 3.8) is 0 Å². The molecule has 0 saturated heterocycles. The predicted octanol–water partition coefficient (Wildman–Crippen LogP) is 3.70. The van der Waals surface area contributed by atoms with E-state index < -0.39 is 0 Å². The normalized spacial score (nSPS) is 23.9. The molecule has 1 fully saturated rings. The van der Waals surface area contributed by atoms with Gasteiger partial charge in [0.05, 0.1) is 0 Å². The highest BCUT2D eigenvalue weighted by molar-refractivity contribution is 5.40. The second kappa shape index (κ2) is 2.48. The molecule has 0 heteroatoms. The van der Waals surface area contributed by atoms with E-state index in [-0.39, 0.29) is 0 Å². The van der Waals surface area contributed by atoms with Crippen molar-refractivity contribution in [1.82, 2.24) is 0 Å². The Labute approximate surface area is 75.4 Å². The third kappa shape index (κ3) is 1.35. The summed E-state index contributed by atoms with van der Waals surface area (Å²) < 4.78 is 0. The van der Waals surface area contributed by atoms with Crippen molar-refractivity contribution >= 4 is 0 Å². The average molecular weight is 162 g/mol. The molecule has 0 aliphatic heterocycles. The minimum Gasteiger partial charge on any atom is -0.0801 e. The standard InChI is InChI=1S/C12H18/c1-12(2,3)11-6-4-5-10(11)9-7-8-9/h4-5,9H,6-8H2,1-3H3. The van der Waals surface area contributed by atoms with Crippen molar-refractivity contribution in [1.29, 1.82) is 0 Å². The number of hydrogen-bond acceptors (Lipinski definition) is 0. The quantitative estimate of drug-likeness (QED) is 0.551. The van der Waals surface area contributed by atoms with Crippen LogP contribution in [0.5, 0.6) is 0 Å². The van der Waals surface area contributed by atoms with Gasteiger partial charge >= 0.3 is 0 Å². The van der Waals surface area contributed by atoms with Crippen LogP contribution in [0.1, 0.15) is 40.0 Å². The first kappa shape index (κ1) is 8.10. The maximum atomic E-state index is 2.36. The van der Waals surface area contributed by atoms with Crippen LogP contribution in [0.2, 0.25) is 0 Å². The lowest BCUT2D eigenvalue weighted by Crippen LogP contribution is -2.09. The minimum absolute atomic E-state index is 0.390. The van der Waals surface area contributed by atoms with Crippen LogP contribution in [0.3, 0.4) is 0 Å². The van der Waals surface area contributed by atoms with Gasteiger partial charge in [0.15, 0.2) is 0 Å². The van der Waals surface area contributed by atoms with Gasteiger partial charge in [0.25, 0.3) is 0 Å². The zero-order chi connectivity index (χ0) is 8.77. The minimum atomic E-state index is 0.390. The van der Waals surface area contributed by atoms with Crippen LogP contribution >= 0.6 is 0 Å². The van der Waals surface area contributed by atoms with Gasteiger partial charge in [-0.25, -0.2) is 0 Å². The van der Waals surface area contributed by atoms with E-state index in [1.165, 1.54) is 19.3 Å². The molecule has 0 unspecified atom stereocenters. The molecular weight excluding hydrogens is 144 g/mol. The Morgan fingerprint density at radius 2 is 1.92 bits per heavy atom. The third-order valence-corrected chi connectivity index (χ3v) is 2.89. The van der Waals surface area contributed by atoms with Crippen molar-refractivity contribution in [2.24, 2.45) is 11.3 Å². The van der Waals surface area contributed by atoms with E-state index in [0.29, 0.717) is 5.41 Å². The van der Waals surface area contributed by atoms with Crippen molar-refractivity contribution in [3.05, 3.63) is 23.3 Å². The first-order valence-electron chi connectivity index (χ1n) is 4.99. The second-order valence-electron chi connectivity index (χ2n) is 5.06. The summed E-state index contributed by atoms with van der Waals surface area (Å²) in [4.78, 5) is 0. The van der Waals surface area contributed by atoms with Gasteiger partial charge in [0.2, 0.25) is 0 Å². The lowest BCUT2D eigenvalue weighted by Gasteiger charge is -2.22. The van der Waals surface area contributed by atoms with Crippen LogP contribution in [0.25, 0.3) is 0 Å². The summed E-state index contributed by atoms with van der Waals surface area (Å²) >= 11 is 0. The maximum absolute atomic E-state index is 2.36. The van der Waals surface area contributed by atoms with Crippen molar-refractivity contribution in [2.75, 3.05) is 0 Å². The Kier molecular flexibility index (Phi) is 1.67. The van der Waals surface area contributed by atoms with E-state index in [1.807, 2.05) is 0 Å². The van der Waals surface area contributed by atoms with E-state index in [9.17, 15) is 0 Å². The fourth-order valence-electron chi connectivity index (χ4n) is 2.04. The van der Waals surface area contributed by atoms with E-state index >= 15 is 0 Å². The molecule has 0 N–H and O–H groups in total. The molecule has 0 amide bonds. The number of allylic oxidation sites excluding steroid dienone is 4. The Morgan fingerprint density at radius 1 is 1.25 bits per heavy atom. The molecule has 0 spiro atoms. The summed E-state index contributed by atoms with van der Waals surface area (Å²) in [5.41, 5.74) is 3.74. The number of hydrogen-bond donors (Lipinski definition) is 0. The SMILES string of the molecule is CC(C)(C)C1=C(C2CC2)C=CC1. The summed E-state index contributed by atoms with van der Waals surface area (Å²) in [5.74, 6) is 0.929. The third-order valence-electron chi connectivity index (χ3n) is 2.89. The summed E-state index contributed by atoms with van der Waals surface area (Å²) in [7, 11) is 0. The molecule has 0 atom stereocenters. The first-order chi connectivity index (χ1) is 5.59. The molecule has 0 radical (unpaired) electrons. The summed E-state index contributed by atoms with van der Waals surface area (Å²) in [6.07, 6.45) is 8.75. The van der Waals surface area contributed by atoms with Gasteiger partial charge in [-0.2, -0.15) is 0 Å². The second-order valence-corrected chi connectivity index (χ2v) is 5.06. The summed E-state index contributed by atoms with van der Waals surface area (Å²) in [6.45, 7) is 6.99. The zero-order valence-electron chi connectivity index (χ0n) is 8.35. The lowest BCUT2D eigenvalue weighted by molar-refractivity contribution is 0.490. The largest absolute Gasteiger partial charge is 0.0801 e. The van der Waals surface area contributed by atoms with Crippen LogP contribution in [0.15, 0.2) is 23.3 Å². The van der Waals surface area contributed by atoms with Crippen LogP contribution in [0.4, 0.5) is 0 Å². The highest BCUT2D eigenvalue weighted by Gasteiger charge is 2.31. The van der Waals surface area contributed by atoms with Gasteiger partial charge in [-0.15, -0.1) is 0 Å². The fourth-order valence-corrected chi connectivity index (χ4v) is 2.04. The zero-order valence-corrected chi connectivity index (χ0v) is 8.35. The molecule has 0 aromatic rings. The van der Waals surface area contributed by atoms with E-state index in [0.717, 1.165) is 5.92 Å². The molecule has 0 aromatic heterocycles. The van der Waals surface area contributed by atoms with Gasteiger partial charge in [-0.1, -0.05) is 38.5 Å². The highest BCUT2D eigenvalue weighted by Crippen LogP contribution is 2.46. The Hall–Kier alpha value is -0.520. The first-order valence-corrected chi connectivity index (χ1v) is 4.99. The Balaban J connectivity index is 2.28. The van der Waals surface area contributed by atoms with Crippen LogP contribution in [-0.4, -0.2) is 0 Å². The smallest absolute Gasteiger partial charge is 0.0124 e. The van der Waals surface area contributed by atoms with Crippen LogP contribution in [0, 0.1) is 11.3 Å². The molecule has 0 aromatic carbocycles. The van der Waals surface area contributed by atoms with Gasteiger partial charge in [-0.05, 0) is 36.2 Å². The molecule has 1 saturated carbocycles. The monoisotopic (exact) mass is 162 g/mol. The highest BCUT2D eigenvalue weighted by atomic mass is 14.4. The van der Waals surface area contributed by atoms with Crippen molar-refractivity contribution in [3.8, 4) is 0 Å². The molecule has 0 heterocycles. The Bertz CT molecular complexity index is 244. The maximum Gasteiger partial charge on any atom is -0.0124 e. The van der Waals surface area contributed by atoms with E-state index in [4.69, 9.17) is 0 Å². The number of rotatable bonds is 1. The van der Waals surface area contributed by atoms with E-state index in [2.05, 4.69) is 32.9 Å². The Morgan fingerprint density at radius 3 is 2.42 bits per heavy atom. The molecular formula is C12H18. The lowest BCUT2D eigenvalue weighted by atomic mass is 9.83. The molecule has 2 aliphatic rings.